The minimum atomic E-state index is -0.0479. The molecule has 1 N–H and O–H groups in total. The third-order valence-corrected chi connectivity index (χ3v) is 3.33. The SMILES string of the molecule is CCCn1c(Cl)c(CO)c2ccc(Cl)cc21. The van der Waals surface area contributed by atoms with Crippen LogP contribution in [0, 0.1) is 0 Å². The van der Waals surface area contributed by atoms with E-state index in [9.17, 15) is 5.11 Å². The number of benzene rings is 1. The summed E-state index contributed by atoms with van der Waals surface area (Å²) in [6.45, 7) is 2.87. The van der Waals surface area contributed by atoms with Crippen LogP contribution >= 0.6 is 23.2 Å². The van der Waals surface area contributed by atoms with Crippen molar-refractivity contribution in [2.75, 3.05) is 0 Å². The number of nitrogens with zero attached hydrogens (tertiary/aromatic N) is 1. The van der Waals surface area contributed by atoms with Crippen LogP contribution in [0.1, 0.15) is 18.9 Å². The number of fused-ring (bicyclic) bond motifs is 1. The Labute approximate surface area is 104 Å². The standard InChI is InChI=1S/C12H13Cl2NO/c1-2-5-15-11-6-8(13)3-4-9(11)10(7-16)12(15)14/h3-4,6,16H,2,5,7H2,1H3. The Bertz CT molecular complexity index is 519. The summed E-state index contributed by atoms with van der Waals surface area (Å²) in [5.41, 5.74) is 1.77. The third kappa shape index (κ3) is 1.81. The number of rotatable bonds is 3. The fraction of sp³-hybridized carbons (Fsp3) is 0.333. The lowest BCUT2D eigenvalue weighted by Crippen LogP contribution is -1.96. The molecule has 0 saturated heterocycles. The molecule has 0 radical (unpaired) electrons. The first-order valence-corrected chi connectivity index (χ1v) is 6.01. The zero-order valence-electron chi connectivity index (χ0n) is 9.00. The molecule has 86 valence electrons. The molecule has 0 aliphatic heterocycles. The van der Waals surface area contributed by atoms with Gasteiger partial charge in [-0.15, -0.1) is 0 Å². The summed E-state index contributed by atoms with van der Waals surface area (Å²) >= 11 is 12.2. The number of hydrogen-bond acceptors (Lipinski definition) is 1. The number of aliphatic hydroxyl groups is 1. The van der Waals surface area contributed by atoms with Gasteiger partial charge < -0.3 is 9.67 Å². The Hall–Kier alpha value is -0.700. The molecule has 0 atom stereocenters. The molecule has 1 aromatic carbocycles. The summed E-state index contributed by atoms with van der Waals surface area (Å²) < 4.78 is 1.99. The van der Waals surface area contributed by atoms with Crippen molar-refractivity contribution < 1.29 is 5.11 Å². The van der Waals surface area contributed by atoms with Gasteiger partial charge in [0, 0.05) is 22.5 Å². The summed E-state index contributed by atoms with van der Waals surface area (Å²) in [5, 5.41) is 11.6. The monoisotopic (exact) mass is 257 g/mol. The average Bonchev–Trinajstić information content (AvgIpc) is 2.52. The molecule has 0 fully saturated rings. The molecule has 0 spiro atoms. The maximum absolute atomic E-state index is 9.34. The highest BCUT2D eigenvalue weighted by Crippen LogP contribution is 2.32. The van der Waals surface area contributed by atoms with Crippen molar-refractivity contribution in [2.24, 2.45) is 0 Å². The molecule has 2 rings (SSSR count). The summed E-state index contributed by atoms with van der Waals surface area (Å²) in [5.74, 6) is 0. The highest BCUT2D eigenvalue weighted by molar-refractivity contribution is 6.33. The Morgan fingerprint density at radius 2 is 2.06 bits per heavy atom. The van der Waals surface area contributed by atoms with Gasteiger partial charge in [-0.3, -0.25) is 0 Å². The maximum atomic E-state index is 9.34. The van der Waals surface area contributed by atoms with Crippen LogP contribution in [-0.4, -0.2) is 9.67 Å². The van der Waals surface area contributed by atoms with E-state index in [1.807, 2.05) is 22.8 Å². The van der Waals surface area contributed by atoms with Crippen molar-refractivity contribution in [3.63, 3.8) is 0 Å². The predicted molar refractivity (Wildman–Crippen MR) is 68.2 cm³/mol. The molecule has 0 aliphatic rings. The zero-order valence-corrected chi connectivity index (χ0v) is 10.5. The molecule has 16 heavy (non-hydrogen) atoms. The molecule has 0 aliphatic carbocycles. The van der Waals surface area contributed by atoms with Crippen LogP contribution in [0.4, 0.5) is 0 Å². The van der Waals surface area contributed by atoms with E-state index in [1.165, 1.54) is 0 Å². The van der Waals surface area contributed by atoms with Crippen molar-refractivity contribution in [3.8, 4) is 0 Å². The predicted octanol–water partition coefficient (Wildman–Crippen LogP) is 3.85. The summed E-state index contributed by atoms with van der Waals surface area (Å²) in [6, 6.07) is 5.61. The van der Waals surface area contributed by atoms with Gasteiger partial charge in [-0.05, 0) is 18.6 Å². The van der Waals surface area contributed by atoms with Crippen LogP contribution in [0.2, 0.25) is 10.2 Å². The Morgan fingerprint density at radius 1 is 1.31 bits per heavy atom. The molecule has 0 bridgehead atoms. The first-order valence-electron chi connectivity index (χ1n) is 5.26. The van der Waals surface area contributed by atoms with Crippen LogP contribution < -0.4 is 0 Å². The minimum Gasteiger partial charge on any atom is -0.392 e. The fourth-order valence-electron chi connectivity index (χ4n) is 1.96. The van der Waals surface area contributed by atoms with Crippen LogP contribution in [0.15, 0.2) is 18.2 Å². The van der Waals surface area contributed by atoms with Crippen molar-refractivity contribution >= 4 is 34.1 Å². The van der Waals surface area contributed by atoms with Gasteiger partial charge in [-0.25, -0.2) is 0 Å². The Kier molecular flexibility index (Phi) is 3.43. The average molecular weight is 258 g/mol. The molecular formula is C12H13Cl2NO. The zero-order chi connectivity index (χ0) is 11.7. The lowest BCUT2D eigenvalue weighted by Gasteiger charge is -2.04. The highest BCUT2D eigenvalue weighted by atomic mass is 35.5. The minimum absolute atomic E-state index is 0.0479. The van der Waals surface area contributed by atoms with E-state index in [4.69, 9.17) is 23.2 Å². The molecule has 4 heteroatoms. The molecule has 0 amide bonds. The summed E-state index contributed by atoms with van der Waals surface area (Å²) in [7, 11) is 0. The molecule has 0 unspecified atom stereocenters. The Balaban J connectivity index is 2.75. The lowest BCUT2D eigenvalue weighted by molar-refractivity contribution is 0.283. The van der Waals surface area contributed by atoms with E-state index < -0.39 is 0 Å². The number of halogens is 2. The number of aryl methyl sites for hydroxylation is 1. The molecule has 0 saturated carbocycles. The van der Waals surface area contributed by atoms with Crippen LogP contribution in [0.25, 0.3) is 10.9 Å². The van der Waals surface area contributed by atoms with Gasteiger partial charge >= 0.3 is 0 Å². The van der Waals surface area contributed by atoms with Crippen LogP contribution in [0.3, 0.4) is 0 Å². The fourth-order valence-corrected chi connectivity index (χ4v) is 2.46. The van der Waals surface area contributed by atoms with Gasteiger partial charge in [0.25, 0.3) is 0 Å². The number of hydrogen-bond donors (Lipinski definition) is 1. The number of aliphatic hydroxyl groups excluding tert-OH is 1. The topological polar surface area (TPSA) is 25.2 Å². The summed E-state index contributed by atoms with van der Waals surface area (Å²) in [4.78, 5) is 0. The van der Waals surface area contributed by atoms with Crippen molar-refractivity contribution in [1.82, 2.24) is 4.57 Å². The Morgan fingerprint density at radius 3 is 2.69 bits per heavy atom. The maximum Gasteiger partial charge on any atom is 0.115 e. The van der Waals surface area contributed by atoms with Gasteiger partial charge in [0.2, 0.25) is 0 Å². The van der Waals surface area contributed by atoms with E-state index in [2.05, 4.69) is 6.92 Å². The lowest BCUT2D eigenvalue weighted by atomic mass is 10.2. The van der Waals surface area contributed by atoms with Crippen LogP contribution in [-0.2, 0) is 13.2 Å². The van der Waals surface area contributed by atoms with Gasteiger partial charge in [-0.1, -0.05) is 36.2 Å². The smallest absolute Gasteiger partial charge is 0.115 e. The second-order valence-corrected chi connectivity index (χ2v) is 4.54. The second-order valence-electron chi connectivity index (χ2n) is 3.74. The van der Waals surface area contributed by atoms with Gasteiger partial charge in [0.05, 0.1) is 12.1 Å². The van der Waals surface area contributed by atoms with Crippen molar-refractivity contribution in [1.29, 1.82) is 0 Å². The van der Waals surface area contributed by atoms with E-state index in [0.717, 1.165) is 29.4 Å². The normalized spacial score (nSPS) is 11.2. The largest absolute Gasteiger partial charge is 0.392 e. The third-order valence-electron chi connectivity index (χ3n) is 2.67. The highest BCUT2D eigenvalue weighted by Gasteiger charge is 2.14. The van der Waals surface area contributed by atoms with Gasteiger partial charge in [0.1, 0.15) is 5.15 Å². The van der Waals surface area contributed by atoms with Crippen LogP contribution in [0.5, 0.6) is 0 Å². The first kappa shape index (κ1) is 11.8. The molecule has 1 heterocycles. The second kappa shape index (κ2) is 4.66. The van der Waals surface area contributed by atoms with E-state index >= 15 is 0 Å². The molecule has 2 nitrogen and oxygen atoms in total. The first-order chi connectivity index (χ1) is 7.69. The van der Waals surface area contributed by atoms with Crippen molar-refractivity contribution in [2.45, 2.75) is 26.5 Å². The number of aromatic nitrogens is 1. The van der Waals surface area contributed by atoms with Gasteiger partial charge in [0.15, 0.2) is 0 Å². The van der Waals surface area contributed by atoms with Crippen molar-refractivity contribution in [3.05, 3.63) is 33.9 Å². The van der Waals surface area contributed by atoms with E-state index in [-0.39, 0.29) is 6.61 Å². The molecule has 1 aromatic heterocycles. The van der Waals surface area contributed by atoms with Gasteiger partial charge in [-0.2, -0.15) is 0 Å². The van der Waals surface area contributed by atoms with E-state index in [0.29, 0.717) is 10.2 Å². The van der Waals surface area contributed by atoms with E-state index in [1.54, 1.807) is 0 Å². The molecule has 2 aromatic rings. The summed E-state index contributed by atoms with van der Waals surface area (Å²) in [6.07, 6.45) is 0.987. The quantitative estimate of drug-likeness (QED) is 0.888. The molecular weight excluding hydrogens is 245 g/mol.